The fourth-order valence-electron chi connectivity index (χ4n) is 3.37. The van der Waals surface area contributed by atoms with E-state index >= 15 is 0 Å². The Hall–Kier alpha value is -0.130. The molecule has 2 saturated heterocycles. The maximum absolute atomic E-state index is 12.2. The predicted molar refractivity (Wildman–Crippen MR) is 117 cm³/mol. The summed E-state index contributed by atoms with van der Waals surface area (Å²) >= 11 is 0. The topological polar surface area (TPSA) is 85.2 Å². The van der Waals surface area contributed by atoms with E-state index in [1.807, 2.05) is 6.92 Å². The zero-order chi connectivity index (χ0) is 18.5. The number of aliphatic hydroxyl groups excluding tert-OH is 1. The van der Waals surface area contributed by atoms with Crippen molar-refractivity contribution in [1.82, 2.24) is 15.1 Å². The van der Waals surface area contributed by atoms with Crippen LogP contribution >= 0.6 is 24.0 Å². The molecule has 2 fully saturated rings. The van der Waals surface area contributed by atoms with E-state index in [0.717, 1.165) is 57.9 Å². The van der Waals surface area contributed by atoms with E-state index in [2.05, 4.69) is 15.1 Å². The molecule has 154 valence electrons. The average Bonchev–Trinajstić information content (AvgIpc) is 2.55. The van der Waals surface area contributed by atoms with Gasteiger partial charge in [0.05, 0.1) is 16.6 Å². The predicted octanol–water partition coefficient (Wildman–Crippen LogP) is 0.926. The second-order valence-electron chi connectivity index (χ2n) is 7.66. The summed E-state index contributed by atoms with van der Waals surface area (Å²) in [5.41, 5.74) is 0. The largest absolute Gasteiger partial charge is 0.393 e. The monoisotopic (exact) mass is 502 g/mol. The van der Waals surface area contributed by atoms with Gasteiger partial charge in [-0.3, -0.25) is 4.99 Å². The van der Waals surface area contributed by atoms with Crippen LogP contribution in [0.25, 0.3) is 0 Å². The minimum absolute atomic E-state index is 0. The van der Waals surface area contributed by atoms with Crippen LogP contribution < -0.4 is 5.32 Å². The summed E-state index contributed by atoms with van der Waals surface area (Å²) in [5.74, 6) is 1.00. The van der Waals surface area contributed by atoms with Crippen LogP contribution in [0, 0.1) is 0 Å². The van der Waals surface area contributed by atoms with Crippen LogP contribution in [0.3, 0.4) is 0 Å². The molecule has 2 aliphatic rings. The van der Waals surface area contributed by atoms with Gasteiger partial charge < -0.3 is 20.2 Å². The van der Waals surface area contributed by atoms with Gasteiger partial charge in [0.15, 0.2) is 15.8 Å². The van der Waals surface area contributed by atoms with Crippen molar-refractivity contribution in [3.63, 3.8) is 0 Å². The standard InChI is InChI=1S/C17H34N4O3S.HI/c1-4-18-16(21-12-13-25(23,24)17(2,3)14-21)19-8-5-9-20-10-6-15(22)7-11-20;/h15,22H,4-14H2,1-3H3,(H,18,19);1H. The van der Waals surface area contributed by atoms with Gasteiger partial charge in [0.1, 0.15) is 0 Å². The molecule has 2 aliphatic heterocycles. The number of guanidine groups is 1. The summed E-state index contributed by atoms with van der Waals surface area (Å²) in [6.45, 7) is 11.0. The van der Waals surface area contributed by atoms with Gasteiger partial charge in [-0.1, -0.05) is 0 Å². The Balaban J connectivity index is 0.00000338. The molecule has 0 aromatic carbocycles. The van der Waals surface area contributed by atoms with Gasteiger partial charge in [-0.2, -0.15) is 0 Å². The van der Waals surface area contributed by atoms with Crippen molar-refractivity contribution >= 4 is 39.8 Å². The molecule has 9 heteroatoms. The molecular weight excluding hydrogens is 467 g/mol. The first-order valence-corrected chi connectivity index (χ1v) is 11.1. The Morgan fingerprint density at radius 1 is 1.27 bits per heavy atom. The Labute approximate surface area is 175 Å². The van der Waals surface area contributed by atoms with Gasteiger partial charge in [-0.15, -0.1) is 24.0 Å². The third-order valence-corrected chi connectivity index (χ3v) is 7.66. The summed E-state index contributed by atoms with van der Waals surface area (Å²) in [5, 5.41) is 12.8. The number of aliphatic imine (C=N–C) groups is 1. The van der Waals surface area contributed by atoms with Gasteiger partial charge >= 0.3 is 0 Å². The van der Waals surface area contributed by atoms with Crippen molar-refractivity contribution in [2.45, 2.75) is 50.9 Å². The number of hydrogen-bond donors (Lipinski definition) is 2. The molecule has 0 aromatic heterocycles. The first-order valence-electron chi connectivity index (χ1n) is 9.41. The lowest BCUT2D eigenvalue weighted by atomic mass is 10.1. The van der Waals surface area contributed by atoms with Crippen LogP contribution in [0.5, 0.6) is 0 Å². The third-order valence-electron chi connectivity index (χ3n) is 5.13. The van der Waals surface area contributed by atoms with Gasteiger partial charge in [-0.25, -0.2) is 8.42 Å². The van der Waals surface area contributed by atoms with Gasteiger partial charge in [0.25, 0.3) is 0 Å². The summed E-state index contributed by atoms with van der Waals surface area (Å²) in [6, 6.07) is 0. The Morgan fingerprint density at radius 2 is 1.92 bits per heavy atom. The zero-order valence-electron chi connectivity index (χ0n) is 16.3. The van der Waals surface area contributed by atoms with Gasteiger partial charge in [0.2, 0.25) is 0 Å². The maximum atomic E-state index is 12.2. The molecule has 0 bridgehead atoms. The summed E-state index contributed by atoms with van der Waals surface area (Å²) in [6.07, 6.45) is 2.57. The lowest BCUT2D eigenvalue weighted by molar-refractivity contribution is 0.0824. The number of likely N-dealkylation sites (tertiary alicyclic amines) is 1. The third kappa shape index (κ3) is 6.49. The molecule has 0 spiro atoms. The molecule has 2 N–H and O–H groups in total. The molecule has 7 nitrogen and oxygen atoms in total. The van der Waals surface area contributed by atoms with Gasteiger partial charge in [-0.05, 0) is 46.6 Å². The van der Waals surface area contributed by atoms with Crippen LogP contribution in [-0.2, 0) is 9.84 Å². The number of nitrogens with zero attached hydrogens (tertiary/aromatic N) is 3. The van der Waals surface area contributed by atoms with E-state index in [0.29, 0.717) is 13.1 Å². The normalized spacial score (nSPS) is 24.2. The highest BCUT2D eigenvalue weighted by atomic mass is 127. The second-order valence-corrected chi connectivity index (χ2v) is 10.4. The average molecular weight is 502 g/mol. The fourth-order valence-corrected chi connectivity index (χ4v) is 4.74. The minimum Gasteiger partial charge on any atom is -0.393 e. The van der Waals surface area contributed by atoms with Crippen LogP contribution in [0.1, 0.15) is 40.0 Å². The van der Waals surface area contributed by atoms with Gasteiger partial charge in [0, 0.05) is 39.3 Å². The molecular formula is C17H35IN4O3S. The number of aliphatic hydroxyl groups is 1. The van der Waals surface area contributed by atoms with E-state index in [1.54, 1.807) is 13.8 Å². The Morgan fingerprint density at radius 3 is 2.50 bits per heavy atom. The number of piperidine rings is 1. The molecule has 0 radical (unpaired) electrons. The van der Waals surface area contributed by atoms with Crippen LogP contribution in [0.15, 0.2) is 4.99 Å². The quantitative estimate of drug-likeness (QED) is 0.252. The number of halogens is 1. The molecule has 0 unspecified atom stereocenters. The number of sulfone groups is 1. The molecule has 0 atom stereocenters. The molecule has 0 aliphatic carbocycles. The second kappa shape index (κ2) is 10.4. The molecule has 2 rings (SSSR count). The van der Waals surface area contributed by atoms with Crippen LogP contribution in [0.2, 0.25) is 0 Å². The number of nitrogens with one attached hydrogen (secondary N) is 1. The van der Waals surface area contributed by atoms with E-state index < -0.39 is 14.6 Å². The van der Waals surface area contributed by atoms with Crippen molar-refractivity contribution in [3.05, 3.63) is 0 Å². The van der Waals surface area contributed by atoms with Crippen molar-refractivity contribution in [2.24, 2.45) is 4.99 Å². The molecule has 0 saturated carbocycles. The Bertz CT molecular complexity index is 560. The molecule has 0 aromatic rings. The minimum atomic E-state index is -3.04. The number of rotatable bonds is 5. The summed E-state index contributed by atoms with van der Waals surface area (Å²) in [4.78, 5) is 9.16. The molecule has 26 heavy (non-hydrogen) atoms. The van der Waals surface area contributed by atoms with Crippen molar-refractivity contribution in [2.75, 3.05) is 51.6 Å². The SMILES string of the molecule is CCNC(=NCCCN1CCC(O)CC1)N1CCS(=O)(=O)C(C)(C)C1.I. The van der Waals surface area contributed by atoms with Crippen LogP contribution in [-0.4, -0.2) is 91.7 Å². The highest BCUT2D eigenvalue weighted by Crippen LogP contribution is 2.23. The number of hydrogen-bond acceptors (Lipinski definition) is 5. The van der Waals surface area contributed by atoms with Crippen LogP contribution in [0.4, 0.5) is 0 Å². The van der Waals surface area contributed by atoms with Crippen molar-refractivity contribution in [1.29, 1.82) is 0 Å². The summed E-state index contributed by atoms with van der Waals surface area (Å²) < 4.78 is 23.6. The van der Waals surface area contributed by atoms with Crippen molar-refractivity contribution in [3.8, 4) is 0 Å². The van der Waals surface area contributed by atoms with E-state index in [-0.39, 0.29) is 35.8 Å². The zero-order valence-corrected chi connectivity index (χ0v) is 19.4. The summed E-state index contributed by atoms with van der Waals surface area (Å²) in [7, 11) is -3.04. The molecule has 0 amide bonds. The van der Waals surface area contributed by atoms with E-state index in [9.17, 15) is 13.5 Å². The lowest BCUT2D eigenvalue weighted by Gasteiger charge is -2.39. The molecule has 2 heterocycles. The Kier molecular flexibility index (Phi) is 9.59. The lowest BCUT2D eigenvalue weighted by Crippen LogP contribution is -2.57. The van der Waals surface area contributed by atoms with E-state index in [4.69, 9.17) is 4.99 Å². The maximum Gasteiger partial charge on any atom is 0.193 e. The van der Waals surface area contributed by atoms with E-state index in [1.165, 1.54) is 0 Å². The highest BCUT2D eigenvalue weighted by Gasteiger charge is 2.40. The first kappa shape index (κ1) is 23.9. The smallest absolute Gasteiger partial charge is 0.193 e. The highest BCUT2D eigenvalue weighted by molar-refractivity contribution is 14.0. The fraction of sp³-hybridized carbons (Fsp3) is 0.941. The van der Waals surface area contributed by atoms with Crippen molar-refractivity contribution < 1.29 is 13.5 Å². The first-order chi connectivity index (χ1) is 11.7.